The van der Waals surface area contributed by atoms with Crippen LogP contribution in [0.1, 0.15) is 11.1 Å². The van der Waals surface area contributed by atoms with Gasteiger partial charge in [-0.15, -0.1) is 0 Å². The first-order valence-corrected chi connectivity index (χ1v) is 10.1. The number of imidazole rings is 1. The van der Waals surface area contributed by atoms with E-state index < -0.39 is 0 Å². The fourth-order valence-electron chi connectivity index (χ4n) is 3.08. The first-order chi connectivity index (χ1) is 13.3. The topological polar surface area (TPSA) is 27.1 Å². The number of aromatic nitrogens is 2. The van der Waals surface area contributed by atoms with Gasteiger partial charge in [0.15, 0.2) is 5.16 Å². The van der Waals surface area contributed by atoms with E-state index in [-0.39, 0.29) is 0 Å². The summed E-state index contributed by atoms with van der Waals surface area (Å²) in [7, 11) is 0. The van der Waals surface area contributed by atoms with Crippen LogP contribution in [0.2, 0.25) is 0 Å². The summed E-state index contributed by atoms with van der Waals surface area (Å²) in [5.74, 6) is 1.78. The van der Waals surface area contributed by atoms with Crippen LogP contribution >= 0.6 is 11.8 Å². The Balaban J connectivity index is 1.48. The van der Waals surface area contributed by atoms with Crippen molar-refractivity contribution in [3.05, 3.63) is 90.0 Å². The van der Waals surface area contributed by atoms with Gasteiger partial charge < -0.3 is 9.30 Å². The highest BCUT2D eigenvalue weighted by atomic mass is 32.2. The quantitative estimate of drug-likeness (QED) is 0.313. The Hall–Kier alpha value is -2.72. The summed E-state index contributed by atoms with van der Waals surface area (Å²) in [4.78, 5) is 4.84. The maximum Gasteiger partial charge on any atom is 0.169 e. The van der Waals surface area contributed by atoms with Crippen LogP contribution < -0.4 is 4.74 Å². The van der Waals surface area contributed by atoms with Gasteiger partial charge in [0.05, 0.1) is 24.2 Å². The molecule has 3 nitrogen and oxygen atoms in total. The molecule has 4 aromatic rings. The molecule has 0 unspecified atom stereocenters. The second-order valence-corrected chi connectivity index (χ2v) is 7.53. The molecule has 1 heterocycles. The molecule has 4 heteroatoms. The van der Waals surface area contributed by atoms with Gasteiger partial charge in [-0.2, -0.15) is 0 Å². The molecule has 0 radical (unpaired) electrons. The van der Waals surface area contributed by atoms with E-state index in [0.29, 0.717) is 6.61 Å². The number of aryl methyl sites for hydroxylation is 1. The zero-order chi connectivity index (χ0) is 18.5. The van der Waals surface area contributed by atoms with Crippen molar-refractivity contribution in [1.82, 2.24) is 9.55 Å². The SMILES string of the molecule is Cc1cccc(OCCSc2nc3ccccc3n2Cc2ccccc2)c1. The van der Waals surface area contributed by atoms with Gasteiger partial charge in [-0.1, -0.05) is 66.4 Å². The third-order valence-corrected chi connectivity index (χ3v) is 5.32. The van der Waals surface area contributed by atoms with E-state index >= 15 is 0 Å². The van der Waals surface area contributed by atoms with E-state index in [1.807, 2.05) is 24.3 Å². The number of benzene rings is 3. The van der Waals surface area contributed by atoms with Crippen LogP contribution in [0.3, 0.4) is 0 Å². The van der Waals surface area contributed by atoms with Crippen molar-refractivity contribution in [1.29, 1.82) is 0 Å². The zero-order valence-electron chi connectivity index (χ0n) is 15.3. The Morgan fingerprint density at radius 2 is 1.74 bits per heavy atom. The number of hydrogen-bond donors (Lipinski definition) is 0. The number of nitrogens with zero attached hydrogens (tertiary/aromatic N) is 2. The second-order valence-electron chi connectivity index (χ2n) is 6.47. The second kappa shape index (κ2) is 8.31. The minimum absolute atomic E-state index is 0.655. The maximum atomic E-state index is 5.88. The van der Waals surface area contributed by atoms with Crippen molar-refractivity contribution >= 4 is 22.8 Å². The van der Waals surface area contributed by atoms with Gasteiger partial charge in [0.1, 0.15) is 5.75 Å². The van der Waals surface area contributed by atoms with Gasteiger partial charge in [-0.25, -0.2) is 4.98 Å². The van der Waals surface area contributed by atoms with Gasteiger partial charge in [0, 0.05) is 5.75 Å². The molecule has 136 valence electrons. The lowest BCUT2D eigenvalue weighted by molar-refractivity contribution is 0.343. The third kappa shape index (κ3) is 4.34. The molecule has 27 heavy (non-hydrogen) atoms. The summed E-state index contributed by atoms with van der Waals surface area (Å²) in [5.41, 5.74) is 4.70. The van der Waals surface area contributed by atoms with E-state index in [9.17, 15) is 0 Å². The fraction of sp³-hybridized carbons (Fsp3) is 0.174. The Morgan fingerprint density at radius 1 is 0.926 bits per heavy atom. The molecule has 0 bridgehead atoms. The average molecular weight is 375 g/mol. The molecule has 0 aliphatic carbocycles. The third-order valence-electron chi connectivity index (χ3n) is 4.38. The summed E-state index contributed by atoms with van der Waals surface area (Å²) >= 11 is 1.74. The number of rotatable bonds is 7. The zero-order valence-corrected chi connectivity index (χ0v) is 16.2. The highest BCUT2D eigenvalue weighted by Gasteiger charge is 2.11. The largest absolute Gasteiger partial charge is 0.493 e. The minimum Gasteiger partial charge on any atom is -0.493 e. The number of fused-ring (bicyclic) bond motifs is 1. The highest BCUT2D eigenvalue weighted by Crippen LogP contribution is 2.25. The average Bonchev–Trinajstić information content (AvgIpc) is 3.04. The lowest BCUT2D eigenvalue weighted by Crippen LogP contribution is -2.04. The van der Waals surface area contributed by atoms with Crippen molar-refractivity contribution < 1.29 is 4.74 Å². The van der Waals surface area contributed by atoms with E-state index in [1.165, 1.54) is 16.6 Å². The van der Waals surface area contributed by atoms with Crippen molar-refractivity contribution in [2.45, 2.75) is 18.6 Å². The lowest BCUT2D eigenvalue weighted by atomic mass is 10.2. The van der Waals surface area contributed by atoms with E-state index in [0.717, 1.165) is 28.7 Å². The molecule has 0 spiro atoms. The van der Waals surface area contributed by atoms with Crippen LogP contribution in [0, 0.1) is 6.92 Å². The van der Waals surface area contributed by atoms with Crippen LogP contribution in [-0.2, 0) is 6.54 Å². The van der Waals surface area contributed by atoms with Crippen molar-refractivity contribution in [3.8, 4) is 5.75 Å². The summed E-state index contributed by atoms with van der Waals surface area (Å²) in [5, 5.41) is 1.04. The van der Waals surface area contributed by atoms with Crippen molar-refractivity contribution in [2.24, 2.45) is 0 Å². The Kier molecular flexibility index (Phi) is 5.45. The fourth-order valence-corrected chi connectivity index (χ4v) is 3.91. The van der Waals surface area contributed by atoms with Crippen LogP contribution in [-0.4, -0.2) is 21.9 Å². The molecule has 3 aromatic carbocycles. The van der Waals surface area contributed by atoms with Crippen LogP contribution in [0.4, 0.5) is 0 Å². The molecular formula is C23H22N2OS. The van der Waals surface area contributed by atoms with Gasteiger partial charge in [-0.3, -0.25) is 0 Å². The van der Waals surface area contributed by atoms with Gasteiger partial charge >= 0.3 is 0 Å². The predicted octanol–water partition coefficient (Wildman–Crippen LogP) is 5.56. The molecule has 0 amide bonds. The molecule has 0 N–H and O–H groups in total. The Bertz CT molecular complexity index is 1030. The summed E-state index contributed by atoms with van der Waals surface area (Å²) in [6.45, 7) is 3.55. The minimum atomic E-state index is 0.655. The van der Waals surface area contributed by atoms with Gasteiger partial charge in [0.2, 0.25) is 0 Å². The predicted molar refractivity (Wildman–Crippen MR) is 113 cm³/mol. The molecule has 4 rings (SSSR count). The first-order valence-electron chi connectivity index (χ1n) is 9.11. The molecular weight excluding hydrogens is 352 g/mol. The van der Waals surface area contributed by atoms with Gasteiger partial charge in [-0.05, 0) is 42.3 Å². The number of thioether (sulfide) groups is 1. The van der Waals surface area contributed by atoms with Crippen LogP contribution in [0.5, 0.6) is 5.75 Å². The summed E-state index contributed by atoms with van der Waals surface area (Å²) < 4.78 is 8.18. The Labute approximate surface area is 164 Å². The number of para-hydroxylation sites is 2. The highest BCUT2D eigenvalue weighted by molar-refractivity contribution is 7.99. The lowest BCUT2D eigenvalue weighted by Gasteiger charge is -2.10. The molecule has 0 aliphatic rings. The summed E-state index contributed by atoms with van der Waals surface area (Å²) in [6, 6.07) is 27.0. The molecule has 0 fully saturated rings. The monoisotopic (exact) mass is 374 g/mol. The molecule has 0 saturated carbocycles. The molecule has 0 aliphatic heterocycles. The normalized spacial score (nSPS) is 11.0. The molecule has 1 aromatic heterocycles. The van der Waals surface area contributed by atoms with E-state index in [1.54, 1.807) is 11.8 Å². The molecule has 0 atom stereocenters. The summed E-state index contributed by atoms with van der Waals surface area (Å²) in [6.07, 6.45) is 0. The molecule has 0 saturated heterocycles. The smallest absolute Gasteiger partial charge is 0.169 e. The van der Waals surface area contributed by atoms with Crippen LogP contribution in [0.25, 0.3) is 11.0 Å². The number of hydrogen-bond acceptors (Lipinski definition) is 3. The first kappa shape index (κ1) is 17.7. The standard InChI is InChI=1S/C23H22N2OS/c1-18-8-7-11-20(16-18)26-14-15-27-23-24-21-12-5-6-13-22(21)25(23)17-19-9-3-2-4-10-19/h2-13,16H,14-15,17H2,1H3. The number of ether oxygens (including phenoxy) is 1. The maximum absolute atomic E-state index is 5.88. The van der Waals surface area contributed by atoms with E-state index in [4.69, 9.17) is 9.72 Å². The van der Waals surface area contributed by atoms with Crippen molar-refractivity contribution in [3.63, 3.8) is 0 Å². The van der Waals surface area contributed by atoms with Gasteiger partial charge in [0.25, 0.3) is 0 Å². The van der Waals surface area contributed by atoms with Crippen LogP contribution in [0.15, 0.2) is 84.0 Å². The van der Waals surface area contributed by atoms with Crippen molar-refractivity contribution in [2.75, 3.05) is 12.4 Å². The Morgan fingerprint density at radius 3 is 2.59 bits per heavy atom. The van der Waals surface area contributed by atoms with E-state index in [2.05, 4.69) is 66.1 Å².